The highest BCUT2D eigenvalue weighted by atomic mass is 32.1. The zero-order valence-corrected chi connectivity index (χ0v) is 19.4. The Bertz CT molecular complexity index is 987. The van der Waals surface area contributed by atoms with Crippen molar-refractivity contribution < 1.29 is 9.53 Å². The van der Waals surface area contributed by atoms with E-state index in [0.29, 0.717) is 0 Å². The number of nitrogens with one attached hydrogen (secondary N) is 1. The van der Waals surface area contributed by atoms with Crippen LogP contribution < -0.4 is 10.1 Å². The summed E-state index contributed by atoms with van der Waals surface area (Å²) in [4.78, 5) is 17.4. The fourth-order valence-corrected chi connectivity index (χ4v) is 5.87. The van der Waals surface area contributed by atoms with Crippen molar-refractivity contribution in [2.75, 3.05) is 25.5 Å². The molecule has 1 atom stereocenters. The number of rotatable bonds is 6. The highest BCUT2D eigenvalue weighted by Crippen LogP contribution is 2.43. The molecular weight excluding hydrogens is 412 g/mol. The molecule has 4 nitrogen and oxygen atoms in total. The SMILES string of the molecule is COc1ccc([C@H](c2c(NC(=O)c3cccs3)sc(C)c2C)N2CCCCC2)cc1. The van der Waals surface area contributed by atoms with Crippen LogP contribution in [0, 0.1) is 13.8 Å². The Labute approximate surface area is 186 Å². The monoisotopic (exact) mass is 440 g/mol. The number of ether oxygens (including phenoxy) is 1. The third-order valence-corrected chi connectivity index (χ3v) is 7.87. The van der Waals surface area contributed by atoms with Crippen molar-refractivity contribution in [1.82, 2.24) is 4.90 Å². The van der Waals surface area contributed by atoms with Gasteiger partial charge in [0.05, 0.1) is 18.0 Å². The Kier molecular flexibility index (Phi) is 6.56. The molecule has 2 aromatic heterocycles. The minimum absolute atomic E-state index is 0.0281. The number of anilines is 1. The van der Waals surface area contributed by atoms with Crippen LogP contribution in [0.5, 0.6) is 5.75 Å². The fourth-order valence-electron chi connectivity index (χ4n) is 4.16. The van der Waals surface area contributed by atoms with Gasteiger partial charge in [-0.2, -0.15) is 0 Å². The number of methoxy groups -OCH3 is 1. The van der Waals surface area contributed by atoms with Gasteiger partial charge in [0.1, 0.15) is 10.8 Å². The summed E-state index contributed by atoms with van der Waals surface area (Å²) in [6.45, 7) is 6.47. The normalized spacial score (nSPS) is 15.7. The Morgan fingerprint density at radius 3 is 2.47 bits per heavy atom. The minimum Gasteiger partial charge on any atom is -0.497 e. The van der Waals surface area contributed by atoms with Crippen molar-refractivity contribution in [3.05, 3.63) is 68.2 Å². The summed E-state index contributed by atoms with van der Waals surface area (Å²) in [5, 5.41) is 6.13. The first-order valence-electron chi connectivity index (χ1n) is 10.4. The van der Waals surface area contributed by atoms with E-state index in [-0.39, 0.29) is 11.9 Å². The molecule has 0 bridgehead atoms. The summed E-state index contributed by atoms with van der Waals surface area (Å²) < 4.78 is 5.38. The summed E-state index contributed by atoms with van der Waals surface area (Å²) in [6.07, 6.45) is 3.72. The van der Waals surface area contributed by atoms with Crippen LogP contribution in [0.25, 0.3) is 0 Å². The van der Waals surface area contributed by atoms with E-state index in [2.05, 4.69) is 36.2 Å². The van der Waals surface area contributed by atoms with Gasteiger partial charge in [0.2, 0.25) is 0 Å². The molecule has 158 valence electrons. The quantitative estimate of drug-likeness (QED) is 0.492. The lowest BCUT2D eigenvalue weighted by Gasteiger charge is -2.36. The number of aryl methyl sites for hydroxylation is 1. The highest BCUT2D eigenvalue weighted by Gasteiger charge is 2.30. The first kappa shape index (κ1) is 21.1. The van der Waals surface area contributed by atoms with E-state index < -0.39 is 0 Å². The summed E-state index contributed by atoms with van der Waals surface area (Å²) in [5.74, 6) is 0.834. The zero-order valence-electron chi connectivity index (χ0n) is 17.7. The van der Waals surface area contributed by atoms with Gasteiger partial charge >= 0.3 is 0 Å². The third kappa shape index (κ3) is 4.31. The Morgan fingerprint density at radius 1 is 1.10 bits per heavy atom. The molecule has 0 aliphatic carbocycles. The number of thiophene rings is 2. The molecular formula is C24H28N2O2S2. The zero-order chi connectivity index (χ0) is 21.1. The smallest absolute Gasteiger partial charge is 0.266 e. The van der Waals surface area contributed by atoms with E-state index in [1.165, 1.54) is 52.2 Å². The van der Waals surface area contributed by atoms with Gasteiger partial charge in [0.15, 0.2) is 0 Å². The molecule has 1 aliphatic rings. The number of amides is 1. The first-order chi connectivity index (χ1) is 14.6. The minimum atomic E-state index is -0.0281. The molecule has 1 saturated heterocycles. The Hall–Kier alpha value is -2.15. The number of hydrogen-bond donors (Lipinski definition) is 1. The van der Waals surface area contributed by atoms with E-state index in [9.17, 15) is 4.79 Å². The highest BCUT2D eigenvalue weighted by molar-refractivity contribution is 7.17. The second-order valence-electron chi connectivity index (χ2n) is 7.73. The topological polar surface area (TPSA) is 41.6 Å². The van der Waals surface area contributed by atoms with E-state index in [4.69, 9.17) is 4.74 Å². The van der Waals surface area contributed by atoms with Gasteiger partial charge in [-0.3, -0.25) is 9.69 Å². The maximum Gasteiger partial charge on any atom is 0.266 e. The van der Waals surface area contributed by atoms with Crippen LogP contribution in [0.1, 0.15) is 56.5 Å². The molecule has 3 heterocycles. The predicted molar refractivity (Wildman–Crippen MR) is 126 cm³/mol. The lowest BCUT2D eigenvalue weighted by Crippen LogP contribution is -2.35. The maximum absolute atomic E-state index is 12.8. The molecule has 1 aliphatic heterocycles. The summed E-state index contributed by atoms with van der Waals surface area (Å²) in [5.41, 5.74) is 3.74. The van der Waals surface area contributed by atoms with Crippen LogP contribution in [0.3, 0.4) is 0 Å². The van der Waals surface area contributed by atoms with Crippen LogP contribution >= 0.6 is 22.7 Å². The third-order valence-electron chi connectivity index (χ3n) is 5.86. The summed E-state index contributed by atoms with van der Waals surface area (Å²) in [7, 11) is 1.70. The van der Waals surface area contributed by atoms with Crippen molar-refractivity contribution in [1.29, 1.82) is 0 Å². The molecule has 4 rings (SSSR count). The fraction of sp³-hybridized carbons (Fsp3) is 0.375. The number of carbonyl (C=O) groups excluding carboxylic acids is 1. The standard InChI is InChI=1S/C24H28N2O2S2/c1-16-17(2)30-24(25-23(27)20-8-7-15-29-20)21(16)22(26-13-5-4-6-14-26)18-9-11-19(28-3)12-10-18/h7-12,15,22H,4-6,13-14H2,1-3H3,(H,25,27)/t22-/m1/s1. The summed E-state index contributed by atoms with van der Waals surface area (Å²) >= 11 is 3.15. The van der Waals surface area contributed by atoms with Crippen molar-refractivity contribution in [2.45, 2.75) is 39.2 Å². The lowest BCUT2D eigenvalue weighted by molar-refractivity contribution is 0.103. The van der Waals surface area contributed by atoms with E-state index >= 15 is 0 Å². The molecule has 0 saturated carbocycles. The molecule has 6 heteroatoms. The van der Waals surface area contributed by atoms with Gasteiger partial charge in [-0.05, 0) is 74.5 Å². The van der Waals surface area contributed by atoms with Gasteiger partial charge in [-0.15, -0.1) is 22.7 Å². The van der Waals surface area contributed by atoms with Crippen molar-refractivity contribution in [3.8, 4) is 5.75 Å². The van der Waals surface area contributed by atoms with Crippen LogP contribution in [0.4, 0.5) is 5.00 Å². The Morgan fingerprint density at radius 2 is 1.83 bits per heavy atom. The first-order valence-corrected chi connectivity index (χ1v) is 12.1. The molecule has 0 unspecified atom stereocenters. The van der Waals surface area contributed by atoms with Crippen molar-refractivity contribution in [3.63, 3.8) is 0 Å². The van der Waals surface area contributed by atoms with Gasteiger partial charge < -0.3 is 10.1 Å². The largest absolute Gasteiger partial charge is 0.497 e. The second-order valence-corrected chi connectivity index (χ2v) is 9.90. The average Bonchev–Trinajstić information content (AvgIpc) is 3.40. The van der Waals surface area contributed by atoms with Crippen molar-refractivity contribution in [2.24, 2.45) is 0 Å². The second kappa shape index (κ2) is 9.33. The van der Waals surface area contributed by atoms with Gasteiger partial charge in [-0.25, -0.2) is 0 Å². The van der Waals surface area contributed by atoms with E-state index in [1.54, 1.807) is 18.4 Å². The lowest BCUT2D eigenvalue weighted by atomic mass is 9.93. The summed E-state index contributed by atoms with van der Waals surface area (Å²) in [6, 6.07) is 12.3. The number of nitrogens with zero attached hydrogens (tertiary/aromatic N) is 1. The van der Waals surface area contributed by atoms with Crippen LogP contribution in [-0.4, -0.2) is 31.0 Å². The predicted octanol–water partition coefficient (Wildman–Crippen LogP) is 6.26. The number of likely N-dealkylation sites (tertiary alicyclic amines) is 1. The number of carbonyl (C=O) groups is 1. The molecule has 30 heavy (non-hydrogen) atoms. The van der Waals surface area contributed by atoms with Crippen molar-refractivity contribution >= 4 is 33.6 Å². The van der Waals surface area contributed by atoms with Crippen LogP contribution in [0.2, 0.25) is 0 Å². The molecule has 0 radical (unpaired) electrons. The van der Waals surface area contributed by atoms with Crippen LogP contribution in [-0.2, 0) is 0 Å². The van der Waals surface area contributed by atoms with E-state index in [1.807, 2.05) is 29.6 Å². The number of piperidine rings is 1. The molecule has 3 aromatic rings. The molecule has 1 aromatic carbocycles. The van der Waals surface area contributed by atoms with E-state index in [0.717, 1.165) is 28.7 Å². The van der Waals surface area contributed by atoms with Gasteiger partial charge in [-0.1, -0.05) is 24.6 Å². The number of hydrogen-bond acceptors (Lipinski definition) is 5. The Balaban J connectivity index is 1.76. The maximum atomic E-state index is 12.8. The molecule has 0 spiro atoms. The average molecular weight is 441 g/mol. The number of benzene rings is 1. The molecule has 1 fully saturated rings. The molecule has 1 N–H and O–H groups in total. The van der Waals surface area contributed by atoms with Gasteiger partial charge in [0, 0.05) is 10.4 Å². The van der Waals surface area contributed by atoms with Gasteiger partial charge in [0.25, 0.3) is 5.91 Å². The van der Waals surface area contributed by atoms with Crippen LogP contribution in [0.15, 0.2) is 41.8 Å². The molecule has 1 amide bonds.